The molecule has 0 amide bonds. The molecule has 0 N–H and O–H groups in total. The second-order valence-electron chi connectivity index (χ2n) is 5.98. The van der Waals surface area contributed by atoms with Crippen molar-refractivity contribution in [3.8, 4) is 0 Å². The summed E-state index contributed by atoms with van der Waals surface area (Å²) in [4.78, 5) is 11.7. The van der Waals surface area contributed by atoms with Crippen molar-refractivity contribution in [2.75, 3.05) is 0 Å². The summed E-state index contributed by atoms with van der Waals surface area (Å²) >= 11 is 0. The molecule has 0 aliphatic rings. The van der Waals surface area contributed by atoms with E-state index >= 15 is 0 Å². The molecule has 0 fully saturated rings. The van der Waals surface area contributed by atoms with Crippen LogP contribution >= 0.6 is 0 Å². The maximum absolute atomic E-state index is 11.7. The third kappa shape index (κ3) is 5.96. The number of carbonyl (C=O) groups is 1. The highest BCUT2D eigenvalue weighted by Gasteiger charge is 2.29. The molecule has 0 heterocycles. The lowest BCUT2D eigenvalue weighted by molar-refractivity contribution is -0.126. The van der Waals surface area contributed by atoms with Crippen LogP contribution in [-0.2, 0) is 4.79 Å². The second kappa shape index (κ2) is 6.30. The van der Waals surface area contributed by atoms with Crippen molar-refractivity contribution in [2.45, 2.75) is 67.2 Å². The van der Waals surface area contributed by atoms with Crippen LogP contribution < -0.4 is 0 Å². The van der Waals surface area contributed by atoms with Gasteiger partial charge in [0.05, 0.1) is 0 Å². The van der Waals surface area contributed by atoms with Crippen molar-refractivity contribution >= 4 is 5.78 Å². The van der Waals surface area contributed by atoms with Crippen molar-refractivity contribution in [1.82, 2.24) is 0 Å². The van der Waals surface area contributed by atoms with Gasteiger partial charge in [0.1, 0.15) is 5.78 Å². The molecule has 0 saturated carbocycles. The normalized spacial score (nSPS) is 12.5. The third-order valence-corrected chi connectivity index (χ3v) is 3.40. The lowest BCUT2D eigenvalue weighted by Gasteiger charge is -2.28. The van der Waals surface area contributed by atoms with E-state index in [1.807, 2.05) is 0 Å². The SMILES string of the molecule is CC(=O)C(C)(CCC(C)C)CCC(C)C. The molecule has 0 unspecified atom stereocenters. The Bertz CT molecular complexity index is 180. The average Bonchev–Trinajstić information content (AvgIpc) is 2.11. The molecule has 0 bridgehead atoms. The van der Waals surface area contributed by atoms with E-state index in [2.05, 4.69) is 34.6 Å². The van der Waals surface area contributed by atoms with E-state index in [4.69, 9.17) is 0 Å². The van der Waals surface area contributed by atoms with Gasteiger partial charge in [-0.25, -0.2) is 0 Å². The van der Waals surface area contributed by atoms with Crippen LogP contribution in [0.25, 0.3) is 0 Å². The van der Waals surface area contributed by atoms with Gasteiger partial charge in [-0.1, -0.05) is 47.5 Å². The Hall–Kier alpha value is -0.330. The summed E-state index contributed by atoms with van der Waals surface area (Å²) < 4.78 is 0. The maximum atomic E-state index is 11.7. The summed E-state index contributed by atoms with van der Waals surface area (Å²) in [6.45, 7) is 12.8. The van der Waals surface area contributed by atoms with Gasteiger partial charge in [0, 0.05) is 5.41 Å². The van der Waals surface area contributed by atoms with Gasteiger partial charge in [0.25, 0.3) is 0 Å². The van der Waals surface area contributed by atoms with E-state index in [1.54, 1.807) is 6.92 Å². The van der Waals surface area contributed by atoms with Gasteiger partial charge in [-0.3, -0.25) is 4.79 Å². The van der Waals surface area contributed by atoms with Crippen LogP contribution in [0, 0.1) is 17.3 Å². The van der Waals surface area contributed by atoms with E-state index in [0.29, 0.717) is 17.6 Å². The summed E-state index contributed by atoms with van der Waals surface area (Å²) in [6, 6.07) is 0. The van der Waals surface area contributed by atoms with Crippen LogP contribution in [0.3, 0.4) is 0 Å². The van der Waals surface area contributed by atoms with Crippen LogP contribution in [0.1, 0.15) is 67.2 Å². The molecule has 1 heteroatoms. The molecule has 0 aromatic rings. The number of hydrogen-bond donors (Lipinski definition) is 0. The highest BCUT2D eigenvalue weighted by Crippen LogP contribution is 2.33. The highest BCUT2D eigenvalue weighted by atomic mass is 16.1. The number of Topliss-reactive ketones (excluding diaryl/α,β-unsaturated/α-hetero) is 1. The monoisotopic (exact) mass is 212 g/mol. The zero-order valence-electron chi connectivity index (χ0n) is 11.4. The van der Waals surface area contributed by atoms with E-state index in [0.717, 1.165) is 25.7 Å². The predicted octanol–water partition coefficient (Wildman–Crippen LogP) is 4.45. The Balaban J connectivity index is 4.26. The largest absolute Gasteiger partial charge is 0.299 e. The number of carbonyl (C=O) groups excluding carboxylic acids is 1. The smallest absolute Gasteiger partial charge is 0.135 e. The van der Waals surface area contributed by atoms with Gasteiger partial charge in [0.15, 0.2) is 0 Å². The van der Waals surface area contributed by atoms with Crippen molar-refractivity contribution in [3.05, 3.63) is 0 Å². The van der Waals surface area contributed by atoms with E-state index in [9.17, 15) is 4.79 Å². The van der Waals surface area contributed by atoms with Gasteiger partial charge in [0.2, 0.25) is 0 Å². The topological polar surface area (TPSA) is 17.1 Å². The first kappa shape index (κ1) is 14.7. The minimum absolute atomic E-state index is 0.0749. The van der Waals surface area contributed by atoms with Crippen LogP contribution in [0.5, 0.6) is 0 Å². The lowest BCUT2D eigenvalue weighted by Crippen LogP contribution is -2.26. The van der Waals surface area contributed by atoms with Gasteiger partial charge in [-0.15, -0.1) is 0 Å². The Kier molecular flexibility index (Phi) is 6.16. The fourth-order valence-electron chi connectivity index (χ4n) is 1.69. The molecule has 0 aromatic carbocycles. The summed E-state index contributed by atoms with van der Waals surface area (Å²) in [5.41, 5.74) is -0.0749. The second-order valence-corrected chi connectivity index (χ2v) is 5.98. The molecular weight excluding hydrogens is 184 g/mol. The van der Waals surface area contributed by atoms with Crippen LogP contribution in [-0.4, -0.2) is 5.78 Å². The molecule has 0 aliphatic carbocycles. The van der Waals surface area contributed by atoms with E-state index in [1.165, 1.54) is 0 Å². The first-order valence-corrected chi connectivity index (χ1v) is 6.29. The third-order valence-electron chi connectivity index (χ3n) is 3.40. The van der Waals surface area contributed by atoms with E-state index < -0.39 is 0 Å². The van der Waals surface area contributed by atoms with Crippen molar-refractivity contribution < 1.29 is 4.79 Å². The van der Waals surface area contributed by atoms with Crippen LogP contribution in [0.4, 0.5) is 0 Å². The highest BCUT2D eigenvalue weighted by molar-refractivity contribution is 5.81. The zero-order valence-corrected chi connectivity index (χ0v) is 11.4. The van der Waals surface area contributed by atoms with Crippen molar-refractivity contribution in [3.63, 3.8) is 0 Å². The van der Waals surface area contributed by atoms with Crippen molar-refractivity contribution in [1.29, 1.82) is 0 Å². The Labute approximate surface area is 95.6 Å². The minimum atomic E-state index is -0.0749. The van der Waals surface area contributed by atoms with Crippen LogP contribution in [0.15, 0.2) is 0 Å². The fourth-order valence-corrected chi connectivity index (χ4v) is 1.69. The molecule has 90 valence electrons. The average molecular weight is 212 g/mol. The molecule has 0 aromatic heterocycles. The number of rotatable bonds is 7. The number of hydrogen-bond acceptors (Lipinski definition) is 1. The van der Waals surface area contributed by atoms with Gasteiger partial charge in [-0.05, 0) is 31.6 Å². The van der Waals surface area contributed by atoms with Gasteiger partial charge in [-0.2, -0.15) is 0 Å². The molecule has 15 heavy (non-hydrogen) atoms. The molecule has 0 spiro atoms. The lowest BCUT2D eigenvalue weighted by atomic mass is 9.75. The molecule has 0 radical (unpaired) electrons. The maximum Gasteiger partial charge on any atom is 0.135 e. The molecule has 1 nitrogen and oxygen atoms in total. The van der Waals surface area contributed by atoms with Gasteiger partial charge >= 0.3 is 0 Å². The van der Waals surface area contributed by atoms with Crippen LogP contribution in [0.2, 0.25) is 0 Å². The molecular formula is C14H28O. The Morgan fingerprint density at radius 3 is 1.53 bits per heavy atom. The zero-order chi connectivity index (χ0) is 12.1. The summed E-state index contributed by atoms with van der Waals surface area (Å²) in [5, 5.41) is 0. The molecule has 0 rings (SSSR count). The summed E-state index contributed by atoms with van der Waals surface area (Å²) in [6.07, 6.45) is 4.42. The molecule has 0 saturated heterocycles. The van der Waals surface area contributed by atoms with Crippen molar-refractivity contribution in [2.24, 2.45) is 17.3 Å². The fraction of sp³-hybridized carbons (Fsp3) is 0.929. The first-order chi connectivity index (χ1) is 6.78. The minimum Gasteiger partial charge on any atom is -0.299 e. The van der Waals surface area contributed by atoms with E-state index in [-0.39, 0.29) is 5.41 Å². The summed E-state index contributed by atoms with van der Waals surface area (Å²) in [5.74, 6) is 1.76. The first-order valence-electron chi connectivity index (χ1n) is 6.29. The predicted molar refractivity (Wildman–Crippen MR) is 66.9 cm³/mol. The van der Waals surface area contributed by atoms with Gasteiger partial charge < -0.3 is 0 Å². The quantitative estimate of drug-likeness (QED) is 0.609. The molecule has 0 aliphatic heterocycles. The molecule has 0 atom stereocenters. The Morgan fingerprint density at radius 1 is 1.00 bits per heavy atom. The standard InChI is InChI=1S/C14H28O/c1-11(2)7-9-14(6,13(5)15)10-8-12(3)4/h11-12H,7-10H2,1-6H3. The summed E-state index contributed by atoms with van der Waals surface area (Å²) in [7, 11) is 0. The Morgan fingerprint density at radius 2 is 1.33 bits per heavy atom. The number of ketones is 1.